The molecule has 6 nitrogen and oxygen atoms in total. The molecule has 0 spiro atoms. The van der Waals surface area contributed by atoms with Crippen LogP contribution in [0.25, 0.3) is 22.4 Å². The predicted octanol–water partition coefficient (Wildman–Crippen LogP) is 2.18. The quantitative estimate of drug-likeness (QED) is 0.407. The van der Waals surface area contributed by atoms with E-state index in [9.17, 15) is 9.59 Å². The van der Waals surface area contributed by atoms with Crippen molar-refractivity contribution in [3.63, 3.8) is 0 Å². The Balaban J connectivity index is 2.13. The fourth-order valence-electron chi connectivity index (χ4n) is 1.92. The van der Waals surface area contributed by atoms with Crippen LogP contribution in [0.2, 0.25) is 0 Å². The number of benzene rings is 1. The predicted molar refractivity (Wildman–Crippen MR) is 74.8 cm³/mol. The molecule has 1 aromatic carbocycles. The molecule has 2 aromatic heterocycles. The molecule has 21 heavy (non-hydrogen) atoms. The number of esters is 1. The number of nitrogens with zero attached hydrogens (tertiary/aromatic N) is 2. The summed E-state index contributed by atoms with van der Waals surface area (Å²) in [6.07, 6.45) is 3.10. The zero-order valence-corrected chi connectivity index (χ0v) is 11.1. The lowest BCUT2D eigenvalue weighted by atomic mass is 10.1. The highest BCUT2D eigenvalue weighted by Gasteiger charge is 2.10. The molecular weight excluding hydrogens is 272 g/mol. The lowest BCUT2D eigenvalue weighted by Crippen LogP contribution is -2.05. The number of hydrogen-bond donors (Lipinski definition) is 0. The van der Waals surface area contributed by atoms with Crippen molar-refractivity contribution < 1.29 is 13.9 Å². The van der Waals surface area contributed by atoms with Gasteiger partial charge in [0.2, 0.25) is 0 Å². The topological polar surface area (TPSA) is 82.3 Å². The van der Waals surface area contributed by atoms with Crippen LogP contribution in [0.3, 0.4) is 0 Å². The molecule has 104 valence electrons. The third kappa shape index (κ3) is 2.64. The highest BCUT2D eigenvalue weighted by molar-refractivity contribution is 5.82. The van der Waals surface area contributed by atoms with Gasteiger partial charge in [-0.15, -0.1) is 0 Å². The summed E-state index contributed by atoms with van der Waals surface area (Å²) in [7, 11) is 0. The van der Waals surface area contributed by atoms with Crippen LogP contribution >= 0.6 is 0 Å². The summed E-state index contributed by atoms with van der Waals surface area (Å²) in [4.78, 5) is 31.0. The molecule has 6 heteroatoms. The van der Waals surface area contributed by atoms with Crippen LogP contribution in [0.15, 0.2) is 51.9 Å². The van der Waals surface area contributed by atoms with E-state index in [2.05, 4.69) is 9.97 Å². The maximum atomic E-state index is 12.0. The molecule has 3 rings (SSSR count). The fraction of sp³-hybridized carbons (Fsp3) is 0.0667. The average molecular weight is 282 g/mol. The van der Waals surface area contributed by atoms with Gasteiger partial charge in [-0.2, -0.15) is 0 Å². The summed E-state index contributed by atoms with van der Waals surface area (Å²) >= 11 is 0. The van der Waals surface area contributed by atoms with Crippen molar-refractivity contribution in [2.75, 3.05) is 0 Å². The van der Waals surface area contributed by atoms with Gasteiger partial charge in [0.05, 0.1) is 0 Å². The van der Waals surface area contributed by atoms with Gasteiger partial charge >= 0.3 is 11.6 Å². The van der Waals surface area contributed by atoms with E-state index in [-0.39, 0.29) is 5.56 Å². The maximum absolute atomic E-state index is 12.0. The van der Waals surface area contributed by atoms with Gasteiger partial charge in [-0.25, -0.2) is 14.8 Å². The molecule has 0 saturated heterocycles. The first-order valence-electron chi connectivity index (χ1n) is 6.17. The number of carbonyl (C=O) groups excluding carboxylic acids is 1. The first-order valence-corrected chi connectivity index (χ1v) is 6.17. The van der Waals surface area contributed by atoms with Crippen molar-refractivity contribution >= 4 is 16.9 Å². The van der Waals surface area contributed by atoms with Crippen molar-refractivity contribution in [2.24, 2.45) is 0 Å². The minimum atomic E-state index is -0.548. The Kier molecular flexibility index (Phi) is 3.19. The van der Waals surface area contributed by atoms with Crippen molar-refractivity contribution in [1.29, 1.82) is 0 Å². The Bertz CT molecular complexity index is 872. The summed E-state index contributed by atoms with van der Waals surface area (Å²) in [6.45, 7) is 1.30. The fourth-order valence-corrected chi connectivity index (χ4v) is 1.92. The minimum Gasteiger partial charge on any atom is -0.427 e. The molecule has 0 bridgehead atoms. The van der Waals surface area contributed by atoms with Gasteiger partial charge in [0.25, 0.3) is 0 Å². The van der Waals surface area contributed by atoms with Crippen LogP contribution < -0.4 is 10.4 Å². The maximum Gasteiger partial charge on any atom is 0.347 e. The van der Waals surface area contributed by atoms with Crippen molar-refractivity contribution in [3.05, 3.63) is 53.1 Å². The second-order valence-electron chi connectivity index (χ2n) is 4.31. The minimum absolute atomic E-state index is 0.281. The standard InChI is InChI=1S/C15H10N2O4/c1-9(18)20-11-4-3-10-7-12(14-16-5-2-6-17-14)15(19)21-13(10)8-11/h2-8H,1H3. The van der Waals surface area contributed by atoms with E-state index in [4.69, 9.17) is 9.15 Å². The highest BCUT2D eigenvalue weighted by Crippen LogP contribution is 2.22. The van der Waals surface area contributed by atoms with Crippen LogP contribution in [-0.2, 0) is 4.79 Å². The normalized spacial score (nSPS) is 10.5. The smallest absolute Gasteiger partial charge is 0.347 e. The molecule has 3 aromatic rings. The van der Waals surface area contributed by atoms with Crippen LogP contribution in [0.1, 0.15) is 6.92 Å². The number of rotatable bonds is 2. The lowest BCUT2D eigenvalue weighted by molar-refractivity contribution is -0.131. The van der Waals surface area contributed by atoms with Gasteiger partial charge in [0, 0.05) is 30.8 Å². The summed E-state index contributed by atoms with van der Waals surface area (Å²) in [6, 6.07) is 8.13. The number of fused-ring (bicyclic) bond motifs is 1. The Labute approximate surface area is 119 Å². The molecule has 0 amide bonds. The molecule has 2 heterocycles. The molecule has 0 atom stereocenters. The van der Waals surface area contributed by atoms with Crippen LogP contribution in [0.5, 0.6) is 5.75 Å². The third-order valence-corrected chi connectivity index (χ3v) is 2.78. The molecular formula is C15H10N2O4. The lowest BCUT2D eigenvalue weighted by Gasteiger charge is -2.04. The van der Waals surface area contributed by atoms with Crippen molar-refractivity contribution in [1.82, 2.24) is 9.97 Å². The zero-order chi connectivity index (χ0) is 14.8. The molecule has 0 unspecified atom stereocenters. The van der Waals surface area contributed by atoms with Gasteiger partial charge in [0.1, 0.15) is 16.9 Å². The Morgan fingerprint density at radius 2 is 1.95 bits per heavy atom. The van der Waals surface area contributed by atoms with Crippen molar-refractivity contribution in [2.45, 2.75) is 6.92 Å². The molecule has 0 fully saturated rings. The van der Waals surface area contributed by atoms with E-state index in [0.717, 1.165) is 0 Å². The largest absolute Gasteiger partial charge is 0.427 e. The van der Waals surface area contributed by atoms with Crippen LogP contribution in [-0.4, -0.2) is 15.9 Å². The van der Waals surface area contributed by atoms with Crippen LogP contribution in [0, 0.1) is 0 Å². The summed E-state index contributed by atoms with van der Waals surface area (Å²) < 4.78 is 10.2. The molecule has 0 aliphatic carbocycles. The number of ether oxygens (including phenoxy) is 1. The SMILES string of the molecule is CC(=O)Oc1ccc2cc(-c3ncccn3)c(=O)oc2c1. The third-order valence-electron chi connectivity index (χ3n) is 2.78. The second kappa shape index (κ2) is 5.16. The van der Waals surface area contributed by atoms with E-state index in [1.807, 2.05) is 0 Å². The van der Waals surface area contributed by atoms with Gasteiger partial charge in [0.15, 0.2) is 5.82 Å². The van der Waals surface area contributed by atoms with E-state index in [0.29, 0.717) is 22.5 Å². The molecule has 0 saturated carbocycles. The van der Waals surface area contributed by atoms with E-state index in [1.54, 1.807) is 36.7 Å². The summed E-state index contributed by atoms with van der Waals surface area (Å²) in [5, 5.41) is 0.688. The molecule has 0 N–H and O–H groups in total. The average Bonchev–Trinajstić information content (AvgIpc) is 2.46. The molecule has 0 aliphatic rings. The Hall–Kier alpha value is -3.02. The monoisotopic (exact) mass is 282 g/mol. The summed E-state index contributed by atoms with van der Waals surface area (Å²) in [5.74, 6) is 0.185. The van der Waals surface area contributed by atoms with E-state index in [1.165, 1.54) is 13.0 Å². The van der Waals surface area contributed by atoms with Crippen LogP contribution in [0.4, 0.5) is 0 Å². The Morgan fingerprint density at radius 1 is 1.19 bits per heavy atom. The van der Waals surface area contributed by atoms with Gasteiger partial charge in [-0.3, -0.25) is 4.79 Å². The zero-order valence-electron chi connectivity index (χ0n) is 11.1. The number of aromatic nitrogens is 2. The highest BCUT2D eigenvalue weighted by atomic mass is 16.5. The van der Waals surface area contributed by atoms with Gasteiger partial charge in [-0.1, -0.05) is 0 Å². The Morgan fingerprint density at radius 3 is 2.67 bits per heavy atom. The van der Waals surface area contributed by atoms with E-state index < -0.39 is 11.6 Å². The van der Waals surface area contributed by atoms with Crippen molar-refractivity contribution in [3.8, 4) is 17.1 Å². The number of carbonyl (C=O) groups is 1. The molecule has 0 radical (unpaired) electrons. The van der Waals surface area contributed by atoms with Gasteiger partial charge < -0.3 is 9.15 Å². The molecule has 0 aliphatic heterocycles. The first kappa shape index (κ1) is 13.0. The van der Waals surface area contributed by atoms with Gasteiger partial charge in [-0.05, 0) is 24.3 Å². The summed E-state index contributed by atoms with van der Waals surface area (Å²) in [5.41, 5.74) is 0.0652. The number of hydrogen-bond acceptors (Lipinski definition) is 6. The second-order valence-corrected chi connectivity index (χ2v) is 4.31. The van der Waals surface area contributed by atoms with E-state index >= 15 is 0 Å². The first-order chi connectivity index (χ1) is 10.1.